The summed E-state index contributed by atoms with van der Waals surface area (Å²) < 4.78 is 10.9. The lowest BCUT2D eigenvalue weighted by molar-refractivity contribution is -0.127. The second-order valence-electron chi connectivity index (χ2n) is 6.37. The predicted molar refractivity (Wildman–Crippen MR) is 105 cm³/mol. The maximum Gasteiger partial charge on any atom is 0.260 e. The SMILES string of the molecule is COc1ccc(CCCNC(=O)[C@H](C)Oc2cc(C)c(Cl)c(C)c2)cc1. The third-order valence-corrected chi connectivity index (χ3v) is 4.79. The van der Waals surface area contributed by atoms with Crippen molar-refractivity contribution in [1.29, 1.82) is 0 Å². The summed E-state index contributed by atoms with van der Waals surface area (Å²) in [7, 11) is 1.65. The number of carbonyl (C=O) groups is 1. The van der Waals surface area contributed by atoms with Gasteiger partial charge in [-0.25, -0.2) is 0 Å². The number of carbonyl (C=O) groups excluding carboxylic acids is 1. The van der Waals surface area contributed by atoms with Crippen LogP contribution in [-0.4, -0.2) is 25.7 Å². The van der Waals surface area contributed by atoms with Gasteiger partial charge in [-0.2, -0.15) is 0 Å². The van der Waals surface area contributed by atoms with E-state index in [9.17, 15) is 4.79 Å². The zero-order chi connectivity index (χ0) is 19.1. The van der Waals surface area contributed by atoms with Crippen molar-refractivity contribution >= 4 is 17.5 Å². The second-order valence-corrected chi connectivity index (χ2v) is 6.75. The molecule has 0 radical (unpaired) electrons. The molecule has 0 aromatic heterocycles. The van der Waals surface area contributed by atoms with E-state index in [1.54, 1.807) is 14.0 Å². The molecule has 1 atom stereocenters. The van der Waals surface area contributed by atoms with Crippen LogP contribution in [0, 0.1) is 13.8 Å². The number of methoxy groups -OCH3 is 1. The lowest BCUT2D eigenvalue weighted by Crippen LogP contribution is -2.37. The Kier molecular flexibility index (Phi) is 7.34. The number of benzene rings is 2. The zero-order valence-corrected chi connectivity index (χ0v) is 16.5. The normalized spacial score (nSPS) is 11.7. The van der Waals surface area contributed by atoms with Gasteiger partial charge in [-0.05, 0) is 74.6 Å². The highest BCUT2D eigenvalue weighted by Gasteiger charge is 2.15. The molecule has 1 amide bonds. The molecule has 0 saturated heterocycles. The van der Waals surface area contributed by atoms with Gasteiger partial charge in [0.1, 0.15) is 11.5 Å². The number of halogens is 1. The number of aryl methyl sites for hydroxylation is 3. The van der Waals surface area contributed by atoms with E-state index in [4.69, 9.17) is 21.1 Å². The minimum absolute atomic E-state index is 0.120. The minimum Gasteiger partial charge on any atom is -0.497 e. The molecular weight excluding hydrogens is 350 g/mol. The number of amides is 1. The van der Waals surface area contributed by atoms with Gasteiger partial charge in [-0.15, -0.1) is 0 Å². The second kappa shape index (κ2) is 9.48. The Morgan fingerprint density at radius 2 is 1.73 bits per heavy atom. The van der Waals surface area contributed by atoms with E-state index < -0.39 is 6.10 Å². The van der Waals surface area contributed by atoms with Gasteiger partial charge in [-0.1, -0.05) is 23.7 Å². The van der Waals surface area contributed by atoms with Gasteiger partial charge in [0.05, 0.1) is 7.11 Å². The Hall–Kier alpha value is -2.20. The van der Waals surface area contributed by atoms with Crippen LogP contribution in [0.4, 0.5) is 0 Å². The number of hydrogen-bond acceptors (Lipinski definition) is 3. The summed E-state index contributed by atoms with van der Waals surface area (Å²) in [5.74, 6) is 1.39. The van der Waals surface area contributed by atoms with E-state index in [0.29, 0.717) is 12.3 Å². The summed E-state index contributed by atoms with van der Waals surface area (Å²) >= 11 is 6.16. The van der Waals surface area contributed by atoms with Gasteiger partial charge < -0.3 is 14.8 Å². The van der Waals surface area contributed by atoms with Crippen LogP contribution in [0.3, 0.4) is 0 Å². The molecule has 140 valence electrons. The number of nitrogens with one attached hydrogen (secondary N) is 1. The van der Waals surface area contributed by atoms with E-state index in [1.165, 1.54) is 5.56 Å². The summed E-state index contributed by atoms with van der Waals surface area (Å²) in [6, 6.07) is 11.7. The maximum atomic E-state index is 12.2. The lowest BCUT2D eigenvalue weighted by Gasteiger charge is -2.16. The average molecular weight is 376 g/mol. The van der Waals surface area contributed by atoms with E-state index in [1.807, 2.05) is 50.2 Å². The Morgan fingerprint density at radius 1 is 1.12 bits per heavy atom. The molecule has 0 unspecified atom stereocenters. The summed E-state index contributed by atoms with van der Waals surface area (Å²) in [5, 5.41) is 3.65. The fourth-order valence-corrected chi connectivity index (χ4v) is 2.78. The molecule has 0 aliphatic carbocycles. The van der Waals surface area contributed by atoms with E-state index >= 15 is 0 Å². The molecule has 0 saturated carbocycles. The van der Waals surface area contributed by atoms with Crippen LogP contribution in [0.2, 0.25) is 5.02 Å². The highest BCUT2D eigenvalue weighted by atomic mass is 35.5. The predicted octanol–water partition coefficient (Wildman–Crippen LogP) is 4.48. The first kappa shape index (κ1) is 20.1. The van der Waals surface area contributed by atoms with E-state index in [2.05, 4.69) is 5.32 Å². The monoisotopic (exact) mass is 375 g/mol. The molecule has 26 heavy (non-hydrogen) atoms. The average Bonchev–Trinajstić information content (AvgIpc) is 2.63. The molecule has 0 heterocycles. The van der Waals surface area contributed by atoms with Crippen molar-refractivity contribution in [3.05, 3.63) is 58.1 Å². The van der Waals surface area contributed by atoms with Crippen molar-refractivity contribution in [2.24, 2.45) is 0 Å². The van der Waals surface area contributed by atoms with Gasteiger partial charge in [0.25, 0.3) is 5.91 Å². The number of rotatable bonds is 8. The molecule has 1 N–H and O–H groups in total. The topological polar surface area (TPSA) is 47.6 Å². The van der Waals surface area contributed by atoms with Gasteiger partial charge in [0.15, 0.2) is 6.10 Å². The van der Waals surface area contributed by atoms with Crippen molar-refractivity contribution in [2.45, 2.75) is 39.7 Å². The van der Waals surface area contributed by atoms with Crippen LogP contribution in [0.15, 0.2) is 36.4 Å². The highest BCUT2D eigenvalue weighted by Crippen LogP contribution is 2.26. The van der Waals surface area contributed by atoms with Gasteiger partial charge in [0.2, 0.25) is 0 Å². The van der Waals surface area contributed by atoms with Crippen molar-refractivity contribution in [1.82, 2.24) is 5.32 Å². The fourth-order valence-electron chi connectivity index (χ4n) is 2.67. The Labute approximate surface area is 160 Å². The van der Waals surface area contributed by atoms with Gasteiger partial charge in [0, 0.05) is 11.6 Å². The fraction of sp³-hybridized carbons (Fsp3) is 0.381. The third kappa shape index (κ3) is 5.67. The van der Waals surface area contributed by atoms with Crippen molar-refractivity contribution in [2.75, 3.05) is 13.7 Å². The molecule has 0 spiro atoms. The lowest BCUT2D eigenvalue weighted by atomic mass is 10.1. The Morgan fingerprint density at radius 3 is 2.31 bits per heavy atom. The standard InChI is InChI=1S/C21H26ClNO3/c1-14-12-19(13-15(2)20(14)22)26-16(3)21(24)23-11-5-6-17-7-9-18(25-4)10-8-17/h7-10,12-13,16H,5-6,11H2,1-4H3,(H,23,24)/t16-/m0/s1. The molecule has 0 bridgehead atoms. The number of hydrogen-bond donors (Lipinski definition) is 1. The van der Waals surface area contributed by atoms with Crippen LogP contribution >= 0.6 is 11.6 Å². The first-order valence-electron chi connectivity index (χ1n) is 8.74. The molecular formula is C21H26ClNO3. The van der Waals surface area contributed by atoms with Crippen LogP contribution in [0.5, 0.6) is 11.5 Å². The van der Waals surface area contributed by atoms with Crippen LogP contribution in [-0.2, 0) is 11.2 Å². The van der Waals surface area contributed by atoms with Crippen molar-refractivity contribution in [3.63, 3.8) is 0 Å². The highest BCUT2D eigenvalue weighted by molar-refractivity contribution is 6.32. The summed E-state index contributed by atoms with van der Waals surface area (Å²) in [5.41, 5.74) is 3.10. The van der Waals surface area contributed by atoms with Crippen LogP contribution in [0.1, 0.15) is 30.0 Å². The molecule has 5 heteroatoms. The zero-order valence-electron chi connectivity index (χ0n) is 15.8. The molecule has 2 rings (SSSR count). The summed E-state index contributed by atoms with van der Waals surface area (Å²) in [6.45, 7) is 6.20. The smallest absolute Gasteiger partial charge is 0.260 e. The first-order valence-corrected chi connectivity index (χ1v) is 9.12. The van der Waals surface area contributed by atoms with E-state index in [0.717, 1.165) is 34.7 Å². The summed E-state index contributed by atoms with van der Waals surface area (Å²) in [6.07, 6.45) is 1.20. The molecule has 2 aromatic carbocycles. The van der Waals surface area contributed by atoms with E-state index in [-0.39, 0.29) is 5.91 Å². The molecule has 0 aliphatic heterocycles. The third-order valence-electron chi connectivity index (χ3n) is 4.19. The van der Waals surface area contributed by atoms with Gasteiger partial charge in [-0.3, -0.25) is 4.79 Å². The van der Waals surface area contributed by atoms with Crippen molar-refractivity contribution in [3.8, 4) is 11.5 Å². The van der Waals surface area contributed by atoms with Gasteiger partial charge >= 0.3 is 0 Å². The Bertz CT molecular complexity index is 720. The maximum absolute atomic E-state index is 12.2. The molecule has 2 aromatic rings. The molecule has 0 fully saturated rings. The van der Waals surface area contributed by atoms with Crippen LogP contribution < -0.4 is 14.8 Å². The quantitative estimate of drug-likeness (QED) is 0.692. The van der Waals surface area contributed by atoms with Crippen molar-refractivity contribution < 1.29 is 14.3 Å². The first-order chi connectivity index (χ1) is 12.4. The largest absolute Gasteiger partial charge is 0.497 e. The van der Waals surface area contributed by atoms with Crippen LogP contribution in [0.25, 0.3) is 0 Å². The molecule has 0 aliphatic rings. The number of ether oxygens (including phenoxy) is 2. The Balaban J connectivity index is 1.76. The minimum atomic E-state index is -0.559. The summed E-state index contributed by atoms with van der Waals surface area (Å²) in [4.78, 5) is 12.2. The molecule has 4 nitrogen and oxygen atoms in total.